The zero-order chi connectivity index (χ0) is 21.8. The number of halogens is 1. The smallest absolute Gasteiger partial charge is 0.233 e. The number of furan rings is 1. The van der Waals surface area contributed by atoms with Crippen LogP contribution < -0.4 is 5.32 Å². The highest BCUT2D eigenvalue weighted by Gasteiger charge is 2.27. The van der Waals surface area contributed by atoms with Crippen molar-refractivity contribution in [2.24, 2.45) is 0 Å². The molecule has 1 aliphatic carbocycles. The number of aromatic nitrogens is 3. The van der Waals surface area contributed by atoms with Crippen molar-refractivity contribution in [2.45, 2.75) is 68.4 Å². The Balaban J connectivity index is 1.50. The zero-order valence-electron chi connectivity index (χ0n) is 17.8. The van der Waals surface area contributed by atoms with Crippen LogP contribution in [0.25, 0.3) is 11.6 Å². The van der Waals surface area contributed by atoms with Gasteiger partial charge in [0, 0.05) is 6.04 Å². The van der Waals surface area contributed by atoms with Crippen molar-refractivity contribution in [2.75, 3.05) is 0 Å². The first-order valence-electron chi connectivity index (χ1n) is 10.7. The summed E-state index contributed by atoms with van der Waals surface area (Å²) in [4.78, 5) is 12.8. The fourth-order valence-electron chi connectivity index (χ4n) is 3.98. The molecular formula is C23H27FN4O2S. The van der Waals surface area contributed by atoms with Crippen molar-refractivity contribution in [1.82, 2.24) is 20.1 Å². The average Bonchev–Trinajstić information content (AvgIpc) is 3.44. The number of carbonyl (C=O) groups excluding carboxylic acids is 1. The minimum absolute atomic E-state index is 0.0976. The molecule has 0 aliphatic heterocycles. The van der Waals surface area contributed by atoms with Crippen LogP contribution in [0.3, 0.4) is 0 Å². The van der Waals surface area contributed by atoms with Gasteiger partial charge in [0.1, 0.15) is 5.82 Å². The lowest BCUT2D eigenvalue weighted by Gasteiger charge is -2.25. The van der Waals surface area contributed by atoms with E-state index in [9.17, 15) is 9.18 Å². The van der Waals surface area contributed by atoms with Crippen molar-refractivity contribution >= 4 is 17.7 Å². The number of nitrogens with zero attached hydrogens (tertiary/aromatic N) is 3. The Morgan fingerprint density at radius 3 is 2.58 bits per heavy atom. The lowest BCUT2D eigenvalue weighted by atomic mass is 9.95. The van der Waals surface area contributed by atoms with E-state index in [-0.39, 0.29) is 23.0 Å². The maximum atomic E-state index is 13.2. The first-order valence-corrected chi connectivity index (χ1v) is 11.6. The lowest BCUT2D eigenvalue weighted by molar-refractivity contribution is -0.120. The average molecular weight is 443 g/mol. The van der Waals surface area contributed by atoms with Crippen molar-refractivity contribution < 1.29 is 13.6 Å². The molecule has 31 heavy (non-hydrogen) atoms. The fourth-order valence-corrected chi connectivity index (χ4v) is 4.91. The number of benzene rings is 1. The van der Waals surface area contributed by atoms with Crippen LogP contribution in [0.1, 0.15) is 63.6 Å². The molecule has 2 unspecified atom stereocenters. The van der Waals surface area contributed by atoms with E-state index in [1.807, 2.05) is 26.0 Å². The summed E-state index contributed by atoms with van der Waals surface area (Å²) in [6.45, 7) is 3.76. The van der Waals surface area contributed by atoms with E-state index in [2.05, 4.69) is 20.1 Å². The Morgan fingerprint density at radius 2 is 1.90 bits per heavy atom. The Kier molecular flexibility index (Phi) is 6.75. The summed E-state index contributed by atoms with van der Waals surface area (Å²) in [5.41, 5.74) is 0.859. The van der Waals surface area contributed by atoms with Gasteiger partial charge < -0.3 is 9.73 Å². The van der Waals surface area contributed by atoms with E-state index in [1.165, 1.54) is 43.2 Å². The summed E-state index contributed by atoms with van der Waals surface area (Å²) in [5.74, 6) is 1.01. The summed E-state index contributed by atoms with van der Waals surface area (Å²) in [5, 5.41) is 12.2. The molecule has 1 saturated carbocycles. The Hall–Kier alpha value is -2.61. The van der Waals surface area contributed by atoms with Crippen LogP contribution in [0.5, 0.6) is 0 Å². The van der Waals surface area contributed by atoms with Crippen LogP contribution >= 0.6 is 11.8 Å². The fraction of sp³-hybridized carbons (Fsp3) is 0.435. The maximum Gasteiger partial charge on any atom is 0.233 e. The van der Waals surface area contributed by atoms with Crippen LogP contribution in [0.2, 0.25) is 0 Å². The van der Waals surface area contributed by atoms with Gasteiger partial charge in [-0.1, -0.05) is 43.2 Å². The molecule has 3 aromatic rings. The minimum atomic E-state index is -0.362. The summed E-state index contributed by atoms with van der Waals surface area (Å²) < 4.78 is 20.9. The molecule has 2 heterocycles. The molecule has 0 spiro atoms. The van der Waals surface area contributed by atoms with Gasteiger partial charge in [-0.15, -0.1) is 10.2 Å². The second kappa shape index (κ2) is 9.68. The lowest BCUT2D eigenvalue weighted by Crippen LogP contribution is -2.33. The molecule has 1 fully saturated rings. The monoisotopic (exact) mass is 442 g/mol. The van der Waals surface area contributed by atoms with Crippen LogP contribution in [-0.4, -0.2) is 25.9 Å². The second-order valence-corrected chi connectivity index (χ2v) is 9.30. The van der Waals surface area contributed by atoms with Crippen LogP contribution in [0, 0.1) is 5.82 Å². The van der Waals surface area contributed by atoms with Gasteiger partial charge in [0.15, 0.2) is 10.9 Å². The summed E-state index contributed by atoms with van der Waals surface area (Å²) in [6.07, 6.45) is 7.38. The number of hydrogen-bond acceptors (Lipinski definition) is 5. The van der Waals surface area contributed by atoms with Gasteiger partial charge in [-0.3, -0.25) is 9.36 Å². The second-order valence-electron chi connectivity index (χ2n) is 7.99. The predicted molar refractivity (Wildman–Crippen MR) is 118 cm³/mol. The molecule has 0 bridgehead atoms. The number of rotatable bonds is 7. The van der Waals surface area contributed by atoms with E-state index < -0.39 is 0 Å². The molecule has 1 aliphatic rings. The molecule has 1 aromatic carbocycles. The summed E-state index contributed by atoms with van der Waals surface area (Å²) in [7, 11) is 0. The van der Waals surface area contributed by atoms with Crippen molar-refractivity contribution in [3.05, 3.63) is 54.0 Å². The van der Waals surface area contributed by atoms with Crippen LogP contribution in [-0.2, 0) is 4.79 Å². The van der Waals surface area contributed by atoms with E-state index in [0.717, 1.165) is 23.6 Å². The first kappa shape index (κ1) is 21.6. The number of nitrogens with one attached hydrogen (secondary N) is 1. The van der Waals surface area contributed by atoms with Gasteiger partial charge in [-0.05, 0) is 56.5 Å². The highest BCUT2D eigenvalue weighted by molar-refractivity contribution is 8.00. The Morgan fingerprint density at radius 1 is 1.16 bits per heavy atom. The van der Waals surface area contributed by atoms with Gasteiger partial charge >= 0.3 is 0 Å². The van der Waals surface area contributed by atoms with Gasteiger partial charge in [0.05, 0.1) is 17.6 Å². The highest BCUT2D eigenvalue weighted by Crippen LogP contribution is 2.36. The minimum Gasteiger partial charge on any atom is -0.461 e. The van der Waals surface area contributed by atoms with E-state index in [0.29, 0.717) is 17.6 Å². The molecule has 2 atom stereocenters. The SMILES string of the molecule is CC(Sc1nnc(-c2ccco2)n1C1CCCCC1)C(=O)NC(C)c1ccc(F)cc1. The van der Waals surface area contributed by atoms with Gasteiger partial charge in [-0.2, -0.15) is 0 Å². The van der Waals surface area contributed by atoms with E-state index in [1.54, 1.807) is 18.4 Å². The molecule has 8 heteroatoms. The Bertz CT molecular complexity index is 997. The number of amides is 1. The number of carbonyl (C=O) groups is 1. The quantitative estimate of drug-likeness (QED) is 0.486. The predicted octanol–water partition coefficient (Wildman–Crippen LogP) is 5.54. The highest BCUT2D eigenvalue weighted by atomic mass is 32.2. The van der Waals surface area contributed by atoms with E-state index in [4.69, 9.17) is 4.42 Å². The number of thioether (sulfide) groups is 1. The normalized spacial score (nSPS) is 16.7. The summed E-state index contributed by atoms with van der Waals surface area (Å²) in [6, 6.07) is 10.00. The molecule has 1 N–H and O–H groups in total. The zero-order valence-corrected chi connectivity index (χ0v) is 18.6. The third-order valence-corrected chi connectivity index (χ3v) is 6.78. The first-order chi connectivity index (χ1) is 15.0. The maximum absolute atomic E-state index is 13.2. The molecule has 0 saturated heterocycles. The largest absolute Gasteiger partial charge is 0.461 e. The molecule has 164 valence electrons. The molecule has 4 rings (SSSR count). The number of hydrogen-bond donors (Lipinski definition) is 1. The van der Waals surface area contributed by atoms with Crippen LogP contribution in [0.15, 0.2) is 52.2 Å². The third kappa shape index (κ3) is 5.01. The molecular weight excluding hydrogens is 415 g/mol. The van der Waals surface area contributed by atoms with Crippen molar-refractivity contribution in [3.8, 4) is 11.6 Å². The summed E-state index contributed by atoms with van der Waals surface area (Å²) >= 11 is 1.41. The molecule has 1 amide bonds. The van der Waals surface area contributed by atoms with E-state index >= 15 is 0 Å². The van der Waals surface area contributed by atoms with Gasteiger partial charge in [0.25, 0.3) is 0 Å². The molecule has 2 aromatic heterocycles. The van der Waals surface area contributed by atoms with Gasteiger partial charge in [0.2, 0.25) is 11.7 Å². The molecule has 6 nitrogen and oxygen atoms in total. The third-order valence-electron chi connectivity index (χ3n) is 5.73. The van der Waals surface area contributed by atoms with Crippen molar-refractivity contribution in [3.63, 3.8) is 0 Å². The Labute approximate surface area is 185 Å². The van der Waals surface area contributed by atoms with Crippen LogP contribution in [0.4, 0.5) is 4.39 Å². The topological polar surface area (TPSA) is 73.0 Å². The van der Waals surface area contributed by atoms with Crippen molar-refractivity contribution in [1.29, 1.82) is 0 Å². The standard InChI is InChI=1S/C23H27FN4O2S/c1-15(17-10-12-18(24)13-11-17)25-22(29)16(2)31-23-27-26-21(20-9-6-14-30-20)28(23)19-7-4-3-5-8-19/h6,9-16,19H,3-5,7-8H2,1-2H3,(H,25,29). The molecule has 0 radical (unpaired) electrons. The van der Waals surface area contributed by atoms with Gasteiger partial charge in [-0.25, -0.2) is 4.39 Å².